The van der Waals surface area contributed by atoms with E-state index in [2.05, 4.69) is 5.32 Å². The lowest BCUT2D eigenvalue weighted by atomic mass is 10.1. The molecule has 2 N–H and O–H groups in total. The Morgan fingerprint density at radius 3 is 2.52 bits per heavy atom. The van der Waals surface area contributed by atoms with Crippen molar-refractivity contribution in [2.75, 3.05) is 5.32 Å². The first-order valence-electron chi connectivity index (χ1n) is 9.22. The van der Waals surface area contributed by atoms with Crippen LogP contribution in [0.15, 0.2) is 54.6 Å². The number of aryl methyl sites for hydroxylation is 1. The lowest BCUT2D eigenvalue weighted by Crippen LogP contribution is -2.16. The van der Waals surface area contributed by atoms with Crippen molar-refractivity contribution in [1.29, 1.82) is 0 Å². The molecule has 3 aromatic rings. The van der Waals surface area contributed by atoms with Crippen LogP contribution in [0.2, 0.25) is 5.02 Å². The highest BCUT2D eigenvalue weighted by atomic mass is 35.5. The number of hydrogen-bond acceptors (Lipinski definition) is 3. The number of carboxylic acid groups (broad SMARTS) is 1. The van der Waals surface area contributed by atoms with Gasteiger partial charge in [-0.2, -0.15) is 0 Å². The Labute approximate surface area is 182 Å². The molecule has 0 fully saturated rings. The first-order chi connectivity index (χ1) is 14.7. The van der Waals surface area contributed by atoms with E-state index in [0.29, 0.717) is 0 Å². The molecule has 31 heavy (non-hydrogen) atoms. The van der Waals surface area contributed by atoms with Gasteiger partial charge in [0.2, 0.25) is 0 Å². The number of carbonyl (C=O) groups is 2. The third kappa shape index (κ3) is 5.58. The van der Waals surface area contributed by atoms with Crippen molar-refractivity contribution in [3.8, 4) is 5.75 Å². The van der Waals surface area contributed by atoms with Gasteiger partial charge in [-0.15, -0.1) is 0 Å². The lowest BCUT2D eigenvalue weighted by molar-refractivity contribution is -0.136. The topological polar surface area (TPSA) is 75.6 Å². The number of carboxylic acids is 1. The fraction of sp³-hybridized carbons (Fsp3) is 0.130. The van der Waals surface area contributed by atoms with Gasteiger partial charge in [-0.1, -0.05) is 47.5 Å². The number of nitrogens with one attached hydrogen (secondary N) is 1. The maximum Gasteiger partial charge on any atom is 0.307 e. The first-order valence-corrected chi connectivity index (χ1v) is 9.60. The van der Waals surface area contributed by atoms with Crippen molar-refractivity contribution in [1.82, 2.24) is 0 Å². The first kappa shape index (κ1) is 22.2. The van der Waals surface area contributed by atoms with Crippen LogP contribution in [0, 0.1) is 18.6 Å². The summed E-state index contributed by atoms with van der Waals surface area (Å²) in [6.45, 7) is 2.00. The molecular weight excluding hydrogens is 428 g/mol. The maximum atomic E-state index is 14.9. The second-order valence-electron chi connectivity index (χ2n) is 6.85. The van der Waals surface area contributed by atoms with Gasteiger partial charge in [-0.05, 0) is 42.3 Å². The van der Waals surface area contributed by atoms with Gasteiger partial charge in [0.05, 0.1) is 22.7 Å². The average Bonchev–Trinajstić information content (AvgIpc) is 2.69. The van der Waals surface area contributed by atoms with E-state index in [9.17, 15) is 18.4 Å². The van der Waals surface area contributed by atoms with Gasteiger partial charge in [-0.3, -0.25) is 9.59 Å². The van der Waals surface area contributed by atoms with Crippen LogP contribution in [0.3, 0.4) is 0 Å². The van der Waals surface area contributed by atoms with Gasteiger partial charge in [0.25, 0.3) is 5.91 Å². The smallest absolute Gasteiger partial charge is 0.307 e. The molecule has 0 bridgehead atoms. The summed E-state index contributed by atoms with van der Waals surface area (Å²) in [6, 6.07) is 13.7. The van der Waals surface area contributed by atoms with Gasteiger partial charge in [0.1, 0.15) is 12.4 Å². The highest BCUT2D eigenvalue weighted by molar-refractivity contribution is 6.34. The molecule has 0 saturated carbocycles. The van der Waals surface area contributed by atoms with Crippen LogP contribution in [0.25, 0.3) is 0 Å². The Hall–Kier alpha value is -3.45. The van der Waals surface area contributed by atoms with E-state index < -0.39 is 29.1 Å². The van der Waals surface area contributed by atoms with Crippen molar-refractivity contribution < 1.29 is 28.2 Å². The van der Waals surface area contributed by atoms with Crippen LogP contribution in [-0.2, 0) is 17.8 Å². The standard InChI is InChI=1S/C23H18ClF2NO4/c1-13-3-2-4-15(9-13)12-31-19-8-6-16(24)21(22(19)26)23(30)27-18-7-5-14(10-17(18)25)11-20(28)29/h2-10H,11-12H2,1H3,(H,27,30)(H,28,29). The Balaban J connectivity index is 1.79. The Morgan fingerprint density at radius 1 is 1.06 bits per heavy atom. The van der Waals surface area contributed by atoms with Crippen LogP contribution in [0.4, 0.5) is 14.5 Å². The highest BCUT2D eigenvalue weighted by Gasteiger charge is 2.21. The van der Waals surface area contributed by atoms with Crippen LogP contribution in [-0.4, -0.2) is 17.0 Å². The van der Waals surface area contributed by atoms with E-state index in [1.807, 2.05) is 31.2 Å². The molecule has 0 saturated heterocycles. The number of benzene rings is 3. The van der Waals surface area contributed by atoms with E-state index in [1.54, 1.807) is 0 Å². The number of aliphatic carboxylic acids is 1. The van der Waals surface area contributed by atoms with Crippen LogP contribution < -0.4 is 10.1 Å². The zero-order valence-corrected chi connectivity index (χ0v) is 17.2. The minimum Gasteiger partial charge on any atom is -0.486 e. The third-order valence-corrected chi connectivity index (χ3v) is 4.71. The van der Waals surface area contributed by atoms with Gasteiger partial charge in [0.15, 0.2) is 11.6 Å². The molecule has 160 valence electrons. The monoisotopic (exact) mass is 445 g/mol. The lowest BCUT2D eigenvalue weighted by Gasteiger charge is -2.13. The molecule has 3 aromatic carbocycles. The van der Waals surface area contributed by atoms with E-state index in [-0.39, 0.29) is 35.1 Å². The van der Waals surface area contributed by atoms with E-state index >= 15 is 0 Å². The summed E-state index contributed by atoms with van der Waals surface area (Å²) < 4.78 is 34.7. The summed E-state index contributed by atoms with van der Waals surface area (Å²) in [5, 5.41) is 10.9. The number of halogens is 3. The molecule has 0 spiro atoms. The molecule has 8 heteroatoms. The second kappa shape index (κ2) is 9.57. The number of rotatable bonds is 7. The van der Waals surface area contributed by atoms with Crippen LogP contribution in [0.1, 0.15) is 27.0 Å². The normalized spacial score (nSPS) is 10.6. The Kier molecular flexibility index (Phi) is 6.87. The summed E-state index contributed by atoms with van der Waals surface area (Å²) in [6.07, 6.45) is -0.369. The van der Waals surface area contributed by atoms with E-state index in [0.717, 1.165) is 17.2 Å². The molecule has 0 heterocycles. The predicted octanol–water partition coefficient (Wildman–Crippen LogP) is 5.39. The van der Waals surface area contributed by atoms with Crippen molar-refractivity contribution in [2.45, 2.75) is 20.0 Å². The number of ether oxygens (including phenoxy) is 1. The second-order valence-corrected chi connectivity index (χ2v) is 7.26. The Bertz CT molecular complexity index is 1150. The molecule has 0 aliphatic heterocycles. The third-order valence-electron chi connectivity index (χ3n) is 4.40. The van der Waals surface area contributed by atoms with Gasteiger partial charge in [0, 0.05) is 0 Å². The maximum absolute atomic E-state index is 14.9. The van der Waals surface area contributed by atoms with Gasteiger partial charge in [-0.25, -0.2) is 8.78 Å². The summed E-state index contributed by atoms with van der Waals surface area (Å²) in [7, 11) is 0. The molecule has 5 nitrogen and oxygen atoms in total. The average molecular weight is 446 g/mol. The van der Waals surface area contributed by atoms with Crippen molar-refractivity contribution in [3.05, 3.63) is 93.5 Å². The molecule has 0 aliphatic rings. The SMILES string of the molecule is Cc1cccc(COc2ccc(Cl)c(C(=O)Nc3ccc(CC(=O)O)cc3F)c2F)c1. The summed E-state index contributed by atoms with van der Waals surface area (Å²) in [5.41, 5.74) is 1.34. The highest BCUT2D eigenvalue weighted by Crippen LogP contribution is 2.29. The molecule has 0 radical (unpaired) electrons. The van der Waals surface area contributed by atoms with Gasteiger partial charge >= 0.3 is 5.97 Å². The fourth-order valence-corrected chi connectivity index (χ4v) is 3.18. The Morgan fingerprint density at radius 2 is 1.84 bits per heavy atom. The molecular formula is C23H18ClF2NO4. The quantitative estimate of drug-likeness (QED) is 0.511. The minimum absolute atomic E-state index is 0.0843. The molecule has 1 amide bonds. The molecule has 0 unspecified atom stereocenters. The van der Waals surface area contributed by atoms with Crippen LogP contribution in [0.5, 0.6) is 5.75 Å². The summed E-state index contributed by atoms with van der Waals surface area (Å²) in [4.78, 5) is 23.3. The number of amides is 1. The number of carbonyl (C=O) groups excluding carboxylic acids is 1. The summed E-state index contributed by atoms with van der Waals surface area (Å²) in [5.74, 6) is -4.08. The minimum atomic E-state index is -1.12. The number of anilines is 1. The zero-order valence-electron chi connectivity index (χ0n) is 16.4. The van der Waals surface area contributed by atoms with E-state index in [1.165, 1.54) is 24.3 Å². The molecule has 0 aliphatic carbocycles. The molecule has 0 atom stereocenters. The van der Waals surface area contributed by atoms with Crippen LogP contribution >= 0.6 is 11.6 Å². The van der Waals surface area contributed by atoms with Crippen molar-refractivity contribution >= 4 is 29.2 Å². The molecule has 3 rings (SSSR count). The van der Waals surface area contributed by atoms with E-state index in [4.69, 9.17) is 21.4 Å². The predicted molar refractivity (Wildman–Crippen MR) is 113 cm³/mol. The van der Waals surface area contributed by atoms with Crippen molar-refractivity contribution in [2.24, 2.45) is 0 Å². The zero-order chi connectivity index (χ0) is 22.5. The number of hydrogen-bond donors (Lipinski definition) is 2. The summed E-state index contributed by atoms with van der Waals surface area (Å²) >= 11 is 6.01. The van der Waals surface area contributed by atoms with Crippen molar-refractivity contribution in [3.63, 3.8) is 0 Å². The van der Waals surface area contributed by atoms with Gasteiger partial charge < -0.3 is 15.2 Å². The largest absolute Gasteiger partial charge is 0.486 e. The molecule has 0 aromatic heterocycles. The fourth-order valence-electron chi connectivity index (χ4n) is 2.95.